The van der Waals surface area contributed by atoms with E-state index < -0.39 is 0 Å². The monoisotopic (exact) mass is 262 g/mol. The molecule has 0 radical (unpaired) electrons. The smallest absolute Gasteiger partial charge is 0.168 e. The van der Waals surface area contributed by atoms with E-state index in [4.69, 9.17) is 22.7 Å². The lowest BCUT2D eigenvalue weighted by Gasteiger charge is -2.11. The number of ether oxygens (including phenoxy) is 1. The Labute approximate surface area is 111 Å². The van der Waals surface area contributed by atoms with Crippen LogP contribution in [0.2, 0.25) is 0 Å². The molecule has 1 heterocycles. The van der Waals surface area contributed by atoms with Crippen molar-refractivity contribution in [1.82, 2.24) is 9.78 Å². The molecule has 0 aliphatic heterocycles. The van der Waals surface area contributed by atoms with Crippen LogP contribution in [0, 0.1) is 0 Å². The number of aromatic nitrogens is 2. The number of rotatable bonds is 4. The maximum absolute atomic E-state index is 5.71. The second-order valence-corrected chi connectivity index (χ2v) is 4.24. The normalized spacial score (nSPS) is 10.1. The molecule has 0 aliphatic rings. The molecule has 5 nitrogen and oxygen atoms in total. The molecule has 1 aromatic heterocycles. The minimum Gasteiger partial charge on any atom is -0.487 e. The van der Waals surface area contributed by atoms with Crippen molar-refractivity contribution < 1.29 is 4.74 Å². The van der Waals surface area contributed by atoms with Crippen LogP contribution in [-0.2, 0) is 13.7 Å². The molecule has 0 aliphatic carbocycles. The molecule has 3 N–H and O–H groups in total. The van der Waals surface area contributed by atoms with E-state index in [9.17, 15) is 0 Å². The van der Waals surface area contributed by atoms with E-state index in [2.05, 4.69) is 10.4 Å². The summed E-state index contributed by atoms with van der Waals surface area (Å²) in [6, 6.07) is 7.50. The fraction of sp³-hybridized carbons (Fsp3) is 0.167. The van der Waals surface area contributed by atoms with Gasteiger partial charge in [-0.05, 0) is 24.4 Å². The fourth-order valence-corrected chi connectivity index (χ4v) is 1.65. The molecule has 0 saturated heterocycles. The Morgan fingerprint density at radius 2 is 2.28 bits per heavy atom. The van der Waals surface area contributed by atoms with Crippen LogP contribution < -0.4 is 15.8 Å². The van der Waals surface area contributed by atoms with Gasteiger partial charge in [-0.1, -0.05) is 12.1 Å². The molecular formula is C12H14N4OS. The predicted molar refractivity (Wildman–Crippen MR) is 74.4 cm³/mol. The van der Waals surface area contributed by atoms with E-state index in [0.717, 1.165) is 11.3 Å². The zero-order valence-electron chi connectivity index (χ0n) is 9.96. The highest BCUT2D eigenvalue weighted by molar-refractivity contribution is 7.80. The molecular weight excluding hydrogens is 248 g/mol. The first kappa shape index (κ1) is 12.4. The highest BCUT2D eigenvalue weighted by atomic mass is 32.1. The summed E-state index contributed by atoms with van der Waals surface area (Å²) in [6.07, 6.45) is 3.67. The summed E-state index contributed by atoms with van der Waals surface area (Å²) >= 11 is 4.82. The van der Waals surface area contributed by atoms with Crippen LogP contribution in [0.15, 0.2) is 36.7 Å². The van der Waals surface area contributed by atoms with Gasteiger partial charge in [0.15, 0.2) is 5.11 Å². The summed E-state index contributed by atoms with van der Waals surface area (Å²) in [5.41, 5.74) is 7.22. The van der Waals surface area contributed by atoms with Crippen LogP contribution in [0.3, 0.4) is 0 Å². The second-order valence-electron chi connectivity index (χ2n) is 3.80. The van der Waals surface area contributed by atoms with Crippen molar-refractivity contribution >= 4 is 23.0 Å². The Morgan fingerprint density at radius 3 is 2.94 bits per heavy atom. The average molecular weight is 262 g/mol. The van der Waals surface area contributed by atoms with E-state index >= 15 is 0 Å². The molecule has 2 aromatic rings. The number of thiocarbonyl (C=S) groups is 1. The lowest BCUT2D eigenvalue weighted by Crippen LogP contribution is -2.19. The number of aryl methyl sites for hydroxylation is 1. The van der Waals surface area contributed by atoms with Crippen LogP contribution in [0.1, 0.15) is 5.56 Å². The lowest BCUT2D eigenvalue weighted by molar-refractivity contribution is 0.308. The third kappa shape index (κ3) is 3.21. The van der Waals surface area contributed by atoms with Gasteiger partial charge in [-0.2, -0.15) is 5.10 Å². The zero-order valence-corrected chi connectivity index (χ0v) is 10.8. The van der Waals surface area contributed by atoms with Crippen molar-refractivity contribution in [3.8, 4) is 5.75 Å². The van der Waals surface area contributed by atoms with Crippen molar-refractivity contribution in [2.45, 2.75) is 6.61 Å². The highest BCUT2D eigenvalue weighted by Gasteiger charge is 2.04. The number of nitrogens with one attached hydrogen (secondary N) is 1. The standard InChI is InChI=1S/C12H14N4OS/c1-16-7-9(6-14-16)8-17-11-5-3-2-4-10(11)15-12(13)18/h2-7H,8H2,1H3,(H3,13,15,18). The van der Waals surface area contributed by atoms with Crippen molar-refractivity contribution in [2.75, 3.05) is 5.32 Å². The maximum atomic E-state index is 5.71. The summed E-state index contributed by atoms with van der Waals surface area (Å²) in [4.78, 5) is 0. The highest BCUT2D eigenvalue weighted by Crippen LogP contribution is 2.24. The van der Waals surface area contributed by atoms with Gasteiger partial charge in [0, 0.05) is 18.8 Å². The first-order chi connectivity index (χ1) is 8.65. The molecule has 0 bridgehead atoms. The third-order valence-electron chi connectivity index (χ3n) is 2.30. The predicted octanol–water partition coefficient (Wildman–Crippen LogP) is 1.65. The molecule has 18 heavy (non-hydrogen) atoms. The van der Waals surface area contributed by atoms with E-state index in [0.29, 0.717) is 12.4 Å². The van der Waals surface area contributed by atoms with E-state index in [1.807, 2.05) is 37.5 Å². The molecule has 0 amide bonds. The maximum Gasteiger partial charge on any atom is 0.168 e. The first-order valence-electron chi connectivity index (χ1n) is 5.41. The quantitative estimate of drug-likeness (QED) is 0.820. The Balaban J connectivity index is 2.06. The molecule has 0 unspecified atom stereocenters. The van der Waals surface area contributed by atoms with E-state index in [1.54, 1.807) is 10.9 Å². The van der Waals surface area contributed by atoms with Gasteiger partial charge >= 0.3 is 0 Å². The largest absolute Gasteiger partial charge is 0.487 e. The van der Waals surface area contributed by atoms with Crippen LogP contribution in [0.25, 0.3) is 0 Å². The molecule has 1 aromatic carbocycles. The first-order valence-corrected chi connectivity index (χ1v) is 5.82. The molecule has 0 atom stereocenters. The fourth-order valence-electron chi connectivity index (χ4n) is 1.54. The van der Waals surface area contributed by atoms with Gasteiger partial charge in [0.05, 0.1) is 11.9 Å². The number of benzene rings is 1. The summed E-state index contributed by atoms with van der Waals surface area (Å²) in [5, 5.41) is 7.17. The van der Waals surface area contributed by atoms with Gasteiger partial charge in [0.25, 0.3) is 0 Å². The summed E-state index contributed by atoms with van der Waals surface area (Å²) in [5.74, 6) is 0.703. The van der Waals surface area contributed by atoms with Gasteiger partial charge in [-0.25, -0.2) is 0 Å². The summed E-state index contributed by atoms with van der Waals surface area (Å²) in [7, 11) is 1.87. The topological polar surface area (TPSA) is 65.1 Å². The number of nitrogens with two attached hydrogens (primary N) is 1. The van der Waals surface area contributed by atoms with Crippen LogP contribution in [0.5, 0.6) is 5.75 Å². The van der Waals surface area contributed by atoms with Crippen LogP contribution >= 0.6 is 12.2 Å². The molecule has 0 fully saturated rings. The zero-order chi connectivity index (χ0) is 13.0. The minimum absolute atomic E-state index is 0.215. The molecule has 0 spiro atoms. The summed E-state index contributed by atoms with van der Waals surface area (Å²) in [6.45, 7) is 0.448. The SMILES string of the molecule is Cn1cc(COc2ccccc2NC(N)=S)cn1. The number of hydrogen-bond acceptors (Lipinski definition) is 3. The molecule has 2 rings (SSSR count). The molecule has 94 valence electrons. The number of hydrogen-bond donors (Lipinski definition) is 2. The Kier molecular flexibility index (Phi) is 3.78. The van der Waals surface area contributed by atoms with Crippen molar-refractivity contribution in [1.29, 1.82) is 0 Å². The Hall–Kier alpha value is -2.08. The third-order valence-corrected chi connectivity index (χ3v) is 2.40. The van der Waals surface area contributed by atoms with Crippen molar-refractivity contribution in [2.24, 2.45) is 12.8 Å². The Morgan fingerprint density at radius 1 is 1.50 bits per heavy atom. The average Bonchev–Trinajstić information content (AvgIpc) is 2.73. The van der Waals surface area contributed by atoms with E-state index in [1.165, 1.54) is 0 Å². The van der Waals surface area contributed by atoms with Gasteiger partial charge < -0.3 is 15.8 Å². The van der Waals surface area contributed by atoms with Gasteiger partial charge in [-0.15, -0.1) is 0 Å². The number of para-hydroxylation sites is 2. The number of anilines is 1. The minimum atomic E-state index is 0.215. The van der Waals surface area contributed by atoms with Gasteiger partial charge in [0.2, 0.25) is 0 Å². The van der Waals surface area contributed by atoms with Gasteiger partial charge in [0.1, 0.15) is 12.4 Å². The number of nitrogens with zero attached hydrogens (tertiary/aromatic N) is 2. The van der Waals surface area contributed by atoms with Crippen molar-refractivity contribution in [3.05, 3.63) is 42.2 Å². The van der Waals surface area contributed by atoms with Crippen LogP contribution in [-0.4, -0.2) is 14.9 Å². The lowest BCUT2D eigenvalue weighted by atomic mass is 10.3. The van der Waals surface area contributed by atoms with E-state index in [-0.39, 0.29) is 5.11 Å². The van der Waals surface area contributed by atoms with Crippen molar-refractivity contribution in [3.63, 3.8) is 0 Å². The van der Waals surface area contributed by atoms with Gasteiger partial charge in [-0.3, -0.25) is 4.68 Å². The van der Waals surface area contributed by atoms with Crippen LogP contribution in [0.4, 0.5) is 5.69 Å². The second kappa shape index (κ2) is 5.50. The molecule has 0 saturated carbocycles. The summed E-state index contributed by atoms with van der Waals surface area (Å²) < 4.78 is 7.44. The Bertz CT molecular complexity index is 553. The molecule has 6 heteroatoms.